The number of carbonyl (C=O) groups is 2. The van der Waals surface area contributed by atoms with Gasteiger partial charge >= 0.3 is 0 Å². The Kier molecular flexibility index (Phi) is 5.96. The molecule has 154 valence electrons. The van der Waals surface area contributed by atoms with E-state index in [1.807, 2.05) is 49.9 Å². The number of hydrogen-bond donors (Lipinski definition) is 1. The summed E-state index contributed by atoms with van der Waals surface area (Å²) in [6, 6.07) is 12.9. The van der Waals surface area contributed by atoms with Crippen LogP contribution < -0.4 is 15.0 Å². The van der Waals surface area contributed by atoms with E-state index in [4.69, 9.17) is 4.74 Å². The molecule has 0 saturated carbocycles. The van der Waals surface area contributed by atoms with Crippen molar-refractivity contribution >= 4 is 23.2 Å². The molecule has 0 fully saturated rings. The number of rotatable bonds is 5. The van der Waals surface area contributed by atoms with Crippen LogP contribution in [0.4, 0.5) is 11.4 Å². The first kappa shape index (κ1) is 20.9. The average molecular weight is 395 g/mol. The summed E-state index contributed by atoms with van der Waals surface area (Å²) in [4.78, 5) is 27.5. The third kappa shape index (κ3) is 4.78. The van der Waals surface area contributed by atoms with Gasteiger partial charge in [-0.05, 0) is 57.4 Å². The van der Waals surface area contributed by atoms with Crippen LogP contribution in [0.3, 0.4) is 0 Å². The van der Waals surface area contributed by atoms with E-state index < -0.39 is 5.41 Å². The third-order valence-electron chi connectivity index (χ3n) is 5.16. The molecule has 29 heavy (non-hydrogen) atoms. The van der Waals surface area contributed by atoms with Gasteiger partial charge in [0.2, 0.25) is 5.91 Å². The highest BCUT2D eigenvalue weighted by atomic mass is 16.5. The molecule has 1 N–H and O–H groups in total. The van der Waals surface area contributed by atoms with E-state index in [0.29, 0.717) is 36.1 Å². The topological polar surface area (TPSA) is 58.6 Å². The predicted octanol–water partition coefficient (Wildman–Crippen LogP) is 5.05. The van der Waals surface area contributed by atoms with Crippen molar-refractivity contribution in [2.24, 2.45) is 11.3 Å². The Bertz CT molecular complexity index is 901. The normalized spacial score (nSPS) is 15.5. The molecule has 1 aliphatic rings. The maximum Gasteiger partial charge on any atom is 0.255 e. The second kappa shape index (κ2) is 8.27. The van der Waals surface area contributed by atoms with Gasteiger partial charge < -0.3 is 15.0 Å². The Balaban J connectivity index is 1.87. The number of hydrogen-bond acceptors (Lipinski definition) is 3. The second-order valence-corrected chi connectivity index (χ2v) is 8.81. The molecule has 0 unspecified atom stereocenters. The van der Waals surface area contributed by atoms with Crippen LogP contribution in [0.15, 0.2) is 42.5 Å². The number of fused-ring (bicyclic) bond motifs is 1. The molecule has 0 aliphatic carbocycles. The van der Waals surface area contributed by atoms with Gasteiger partial charge in [0.15, 0.2) is 0 Å². The van der Waals surface area contributed by atoms with Crippen molar-refractivity contribution in [2.75, 3.05) is 23.4 Å². The van der Waals surface area contributed by atoms with Crippen LogP contribution in [0.1, 0.15) is 50.0 Å². The van der Waals surface area contributed by atoms with Crippen LogP contribution in [0.25, 0.3) is 0 Å². The summed E-state index contributed by atoms with van der Waals surface area (Å²) in [7, 11) is 0. The number of nitrogens with zero attached hydrogens (tertiary/aromatic N) is 1. The summed E-state index contributed by atoms with van der Waals surface area (Å²) >= 11 is 0. The SMILES string of the molecule is Cc1ccc(C(=O)Nc2ccc3c(c2)OCC(C)(C)C(=O)N3CCC(C)C)cc1. The van der Waals surface area contributed by atoms with E-state index in [-0.39, 0.29) is 11.8 Å². The number of ether oxygens (including phenoxy) is 1. The van der Waals surface area contributed by atoms with E-state index in [0.717, 1.165) is 17.7 Å². The lowest BCUT2D eigenvalue weighted by Gasteiger charge is -2.28. The minimum atomic E-state index is -0.610. The van der Waals surface area contributed by atoms with Crippen molar-refractivity contribution in [3.8, 4) is 5.75 Å². The van der Waals surface area contributed by atoms with Gasteiger partial charge in [0, 0.05) is 23.9 Å². The molecule has 2 amide bonds. The molecule has 0 atom stereocenters. The van der Waals surface area contributed by atoms with Gasteiger partial charge in [-0.3, -0.25) is 9.59 Å². The fourth-order valence-electron chi connectivity index (χ4n) is 3.24. The van der Waals surface area contributed by atoms with Crippen LogP contribution in [0.2, 0.25) is 0 Å². The van der Waals surface area contributed by atoms with Gasteiger partial charge in [-0.1, -0.05) is 31.5 Å². The van der Waals surface area contributed by atoms with Crippen LogP contribution in [-0.2, 0) is 4.79 Å². The molecule has 0 radical (unpaired) electrons. The summed E-state index contributed by atoms with van der Waals surface area (Å²) in [6.07, 6.45) is 0.910. The maximum absolute atomic E-state index is 13.1. The van der Waals surface area contributed by atoms with E-state index in [1.54, 1.807) is 18.2 Å². The van der Waals surface area contributed by atoms with Crippen LogP contribution in [0.5, 0.6) is 5.75 Å². The molecule has 0 bridgehead atoms. The maximum atomic E-state index is 13.1. The summed E-state index contributed by atoms with van der Waals surface area (Å²) in [5.74, 6) is 1.00. The lowest BCUT2D eigenvalue weighted by atomic mass is 9.92. The number of benzene rings is 2. The van der Waals surface area contributed by atoms with Gasteiger partial charge in [0.1, 0.15) is 12.4 Å². The highest BCUT2D eigenvalue weighted by Gasteiger charge is 2.37. The van der Waals surface area contributed by atoms with Gasteiger partial charge in [-0.2, -0.15) is 0 Å². The molecule has 3 rings (SSSR count). The molecule has 5 heteroatoms. The van der Waals surface area contributed by atoms with Crippen molar-refractivity contribution in [3.05, 3.63) is 53.6 Å². The van der Waals surface area contributed by atoms with Crippen molar-refractivity contribution in [2.45, 2.75) is 41.0 Å². The first-order valence-electron chi connectivity index (χ1n) is 10.1. The summed E-state index contributed by atoms with van der Waals surface area (Å²) < 4.78 is 6.00. The third-order valence-corrected chi connectivity index (χ3v) is 5.16. The molecule has 5 nitrogen and oxygen atoms in total. The Hall–Kier alpha value is -2.82. The highest BCUT2D eigenvalue weighted by molar-refractivity contribution is 6.05. The molecule has 0 spiro atoms. The monoisotopic (exact) mass is 394 g/mol. The fraction of sp³-hybridized carbons (Fsp3) is 0.417. The standard InChI is InChI=1S/C24H30N2O3/c1-16(2)12-13-26-20-11-10-19(14-21(20)29-15-24(4,5)23(26)28)25-22(27)18-8-6-17(3)7-9-18/h6-11,14,16H,12-13,15H2,1-5H3,(H,25,27). The number of amides is 2. The predicted molar refractivity (Wildman–Crippen MR) is 117 cm³/mol. The van der Waals surface area contributed by atoms with Gasteiger partial charge in [0.05, 0.1) is 11.1 Å². The van der Waals surface area contributed by atoms with Crippen molar-refractivity contribution < 1.29 is 14.3 Å². The Morgan fingerprint density at radius 2 is 1.86 bits per heavy atom. The zero-order chi connectivity index (χ0) is 21.2. The average Bonchev–Trinajstić information content (AvgIpc) is 2.76. The number of nitrogens with one attached hydrogen (secondary N) is 1. The molecule has 2 aromatic carbocycles. The Morgan fingerprint density at radius 3 is 2.52 bits per heavy atom. The fourth-order valence-corrected chi connectivity index (χ4v) is 3.24. The molecule has 1 aliphatic heterocycles. The van der Waals surface area contributed by atoms with E-state index in [9.17, 15) is 9.59 Å². The van der Waals surface area contributed by atoms with Gasteiger partial charge in [-0.25, -0.2) is 0 Å². The zero-order valence-electron chi connectivity index (χ0n) is 17.9. The summed E-state index contributed by atoms with van der Waals surface area (Å²) in [5, 5.41) is 2.92. The largest absolute Gasteiger partial charge is 0.490 e. The van der Waals surface area contributed by atoms with Gasteiger partial charge in [0.25, 0.3) is 5.91 Å². The quantitative estimate of drug-likeness (QED) is 0.772. The highest BCUT2D eigenvalue weighted by Crippen LogP contribution is 2.38. The second-order valence-electron chi connectivity index (χ2n) is 8.81. The number of anilines is 2. The van der Waals surface area contributed by atoms with Gasteiger partial charge in [-0.15, -0.1) is 0 Å². The minimum absolute atomic E-state index is 0.0633. The lowest BCUT2D eigenvalue weighted by Crippen LogP contribution is -2.42. The van der Waals surface area contributed by atoms with Crippen molar-refractivity contribution in [1.82, 2.24) is 0 Å². The van der Waals surface area contributed by atoms with E-state index >= 15 is 0 Å². The first-order valence-corrected chi connectivity index (χ1v) is 10.1. The molecule has 0 aromatic heterocycles. The first-order chi connectivity index (χ1) is 13.7. The minimum Gasteiger partial charge on any atom is -0.490 e. The van der Waals surface area contributed by atoms with Crippen molar-refractivity contribution in [1.29, 1.82) is 0 Å². The number of carbonyl (C=O) groups excluding carboxylic acids is 2. The van der Waals surface area contributed by atoms with Crippen LogP contribution in [-0.4, -0.2) is 25.0 Å². The Labute approximate surface area is 173 Å². The molecule has 0 saturated heterocycles. The smallest absolute Gasteiger partial charge is 0.255 e. The van der Waals surface area contributed by atoms with E-state index in [2.05, 4.69) is 19.2 Å². The molecule has 2 aromatic rings. The van der Waals surface area contributed by atoms with Crippen LogP contribution >= 0.6 is 0 Å². The van der Waals surface area contributed by atoms with E-state index in [1.165, 1.54) is 0 Å². The molecule has 1 heterocycles. The zero-order valence-corrected chi connectivity index (χ0v) is 17.9. The summed E-state index contributed by atoms with van der Waals surface area (Å²) in [6.45, 7) is 11.0. The van der Waals surface area contributed by atoms with Crippen molar-refractivity contribution in [3.63, 3.8) is 0 Å². The molecular formula is C24H30N2O3. The summed E-state index contributed by atoms with van der Waals surface area (Å²) in [5.41, 5.74) is 2.50. The van der Waals surface area contributed by atoms with Crippen LogP contribution in [0, 0.1) is 18.3 Å². The lowest BCUT2D eigenvalue weighted by molar-refractivity contribution is -0.127. The Morgan fingerprint density at radius 1 is 1.17 bits per heavy atom. The number of aryl methyl sites for hydroxylation is 1. The molecular weight excluding hydrogens is 364 g/mol.